The molecule has 1 fully saturated rings. The second kappa shape index (κ2) is 4.80. The van der Waals surface area contributed by atoms with Crippen LogP contribution in [0.5, 0.6) is 0 Å². The quantitative estimate of drug-likeness (QED) is 0.841. The van der Waals surface area contributed by atoms with Crippen LogP contribution in [0.2, 0.25) is 0 Å². The summed E-state index contributed by atoms with van der Waals surface area (Å²) in [6, 6.07) is 8.13. The molecule has 0 saturated heterocycles. The Balaban J connectivity index is 1.90. The fourth-order valence-corrected chi connectivity index (χ4v) is 3.46. The van der Waals surface area contributed by atoms with Crippen LogP contribution in [-0.4, -0.2) is 16.8 Å². The summed E-state index contributed by atoms with van der Waals surface area (Å²) in [5.74, 6) is 0.239. The summed E-state index contributed by atoms with van der Waals surface area (Å²) in [5.41, 5.74) is 0.0683. The number of carboxylic acid groups (broad SMARTS) is 1. The number of hydrogen-bond acceptors (Lipinski definition) is 2. The van der Waals surface area contributed by atoms with Crippen molar-refractivity contribution in [2.75, 3.05) is 5.75 Å². The molecule has 1 N–H and O–H groups in total. The Labute approximate surface area is 108 Å². The van der Waals surface area contributed by atoms with E-state index in [0.29, 0.717) is 6.42 Å². The summed E-state index contributed by atoms with van der Waals surface area (Å²) >= 11 is 5.18. The number of hydrogen-bond donors (Lipinski definition) is 1. The minimum Gasteiger partial charge on any atom is -0.481 e. The molecule has 1 aromatic carbocycles. The number of carbonyl (C=O) groups is 1. The third-order valence-corrected chi connectivity index (χ3v) is 4.66. The predicted molar refractivity (Wildman–Crippen MR) is 68.8 cm³/mol. The SMILES string of the molecule is O=C(O)CC1(CSc2cccc(Br)c2)CC1. The normalized spacial score (nSPS) is 17.1. The maximum Gasteiger partial charge on any atom is 0.303 e. The van der Waals surface area contributed by atoms with Crippen molar-refractivity contribution in [3.63, 3.8) is 0 Å². The zero-order chi connectivity index (χ0) is 11.6. The van der Waals surface area contributed by atoms with Gasteiger partial charge in [-0.1, -0.05) is 22.0 Å². The minimum atomic E-state index is -0.674. The lowest BCUT2D eigenvalue weighted by molar-refractivity contribution is -0.138. The second-order valence-electron chi connectivity index (χ2n) is 4.32. The minimum absolute atomic E-state index is 0.0683. The van der Waals surface area contributed by atoms with Crippen molar-refractivity contribution in [2.24, 2.45) is 5.41 Å². The van der Waals surface area contributed by atoms with Crippen LogP contribution in [0, 0.1) is 5.41 Å². The summed E-state index contributed by atoms with van der Waals surface area (Å²) in [4.78, 5) is 11.9. The summed E-state index contributed by atoms with van der Waals surface area (Å²) in [7, 11) is 0. The van der Waals surface area contributed by atoms with Gasteiger partial charge in [0.05, 0.1) is 6.42 Å². The van der Waals surface area contributed by atoms with E-state index in [9.17, 15) is 4.79 Å². The predicted octanol–water partition coefficient (Wildman–Crippen LogP) is 3.80. The largest absolute Gasteiger partial charge is 0.481 e. The van der Waals surface area contributed by atoms with Crippen LogP contribution in [0.15, 0.2) is 33.6 Å². The lowest BCUT2D eigenvalue weighted by atomic mass is 10.1. The average molecular weight is 301 g/mol. The maximum atomic E-state index is 10.7. The van der Waals surface area contributed by atoms with Crippen molar-refractivity contribution in [2.45, 2.75) is 24.2 Å². The Hall–Kier alpha value is -0.480. The smallest absolute Gasteiger partial charge is 0.303 e. The number of halogens is 1. The molecule has 86 valence electrons. The lowest BCUT2D eigenvalue weighted by Crippen LogP contribution is -2.10. The third-order valence-electron chi connectivity index (χ3n) is 2.82. The molecule has 0 aliphatic heterocycles. The zero-order valence-corrected chi connectivity index (χ0v) is 11.2. The molecule has 0 bridgehead atoms. The van der Waals surface area contributed by atoms with Crippen LogP contribution < -0.4 is 0 Å². The Morgan fingerprint density at radius 2 is 2.25 bits per heavy atom. The van der Waals surface area contributed by atoms with Gasteiger partial charge >= 0.3 is 5.97 Å². The van der Waals surface area contributed by atoms with E-state index in [4.69, 9.17) is 5.11 Å². The molecular weight excluding hydrogens is 288 g/mol. The van der Waals surface area contributed by atoms with E-state index in [1.54, 1.807) is 11.8 Å². The number of rotatable bonds is 5. The summed E-state index contributed by atoms with van der Waals surface area (Å²) < 4.78 is 1.07. The first-order valence-corrected chi connectivity index (χ1v) is 6.98. The maximum absolute atomic E-state index is 10.7. The first-order chi connectivity index (χ1) is 7.60. The molecule has 1 aliphatic carbocycles. The van der Waals surface area contributed by atoms with E-state index in [1.165, 1.54) is 4.90 Å². The molecule has 2 nitrogen and oxygen atoms in total. The Bertz CT molecular complexity index is 402. The van der Waals surface area contributed by atoms with Gasteiger partial charge in [-0.05, 0) is 36.5 Å². The van der Waals surface area contributed by atoms with Crippen molar-refractivity contribution < 1.29 is 9.90 Å². The molecular formula is C12H13BrO2S. The number of carboxylic acids is 1. The molecule has 0 unspecified atom stereocenters. The molecule has 0 amide bonds. The zero-order valence-electron chi connectivity index (χ0n) is 8.78. The monoisotopic (exact) mass is 300 g/mol. The van der Waals surface area contributed by atoms with Crippen LogP contribution in [0.4, 0.5) is 0 Å². The molecule has 1 aromatic rings. The highest BCUT2D eigenvalue weighted by Gasteiger charge is 2.44. The van der Waals surface area contributed by atoms with Crippen LogP contribution >= 0.6 is 27.7 Å². The van der Waals surface area contributed by atoms with Crippen LogP contribution in [-0.2, 0) is 4.79 Å². The standard InChI is InChI=1S/C12H13BrO2S/c13-9-2-1-3-10(6-9)16-8-12(4-5-12)7-11(14)15/h1-3,6H,4-5,7-8H2,(H,14,15). The molecule has 0 aromatic heterocycles. The Morgan fingerprint density at radius 1 is 1.50 bits per heavy atom. The van der Waals surface area contributed by atoms with Gasteiger partial charge in [0.15, 0.2) is 0 Å². The van der Waals surface area contributed by atoms with Crippen molar-refractivity contribution in [3.05, 3.63) is 28.7 Å². The fraction of sp³-hybridized carbons (Fsp3) is 0.417. The first-order valence-electron chi connectivity index (χ1n) is 5.20. The van der Waals surface area contributed by atoms with Crippen LogP contribution in [0.3, 0.4) is 0 Å². The van der Waals surface area contributed by atoms with Crippen LogP contribution in [0.25, 0.3) is 0 Å². The van der Waals surface area contributed by atoms with Gasteiger partial charge in [0, 0.05) is 15.1 Å². The highest BCUT2D eigenvalue weighted by Crippen LogP contribution is 2.51. The molecule has 0 heterocycles. The van der Waals surface area contributed by atoms with Crippen molar-refractivity contribution in [3.8, 4) is 0 Å². The van der Waals surface area contributed by atoms with E-state index < -0.39 is 5.97 Å². The van der Waals surface area contributed by atoms with Gasteiger partial charge in [-0.15, -0.1) is 11.8 Å². The van der Waals surface area contributed by atoms with E-state index in [2.05, 4.69) is 28.1 Å². The van der Waals surface area contributed by atoms with E-state index in [0.717, 1.165) is 23.1 Å². The lowest BCUT2D eigenvalue weighted by Gasteiger charge is -2.11. The average Bonchev–Trinajstić information content (AvgIpc) is 2.95. The van der Waals surface area contributed by atoms with E-state index >= 15 is 0 Å². The third kappa shape index (κ3) is 3.25. The van der Waals surface area contributed by atoms with E-state index in [1.807, 2.05) is 12.1 Å². The molecule has 1 saturated carbocycles. The Morgan fingerprint density at radius 3 is 2.81 bits per heavy atom. The highest BCUT2D eigenvalue weighted by molar-refractivity contribution is 9.10. The van der Waals surface area contributed by atoms with Gasteiger partial charge in [-0.3, -0.25) is 4.79 Å². The number of thioether (sulfide) groups is 1. The topological polar surface area (TPSA) is 37.3 Å². The van der Waals surface area contributed by atoms with Gasteiger partial charge in [-0.25, -0.2) is 0 Å². The summed E-state index contributed by atoms with van der Waals surface area (Å²) in [6.07, 6.45) is 2.43. The molecule has 16 heavy (non-hydrogen) atoms. The second-order valence-corrected chi connectivity index (χ2v) is 6.28. The molecule has 0 spiro atoms. The van der Waals surface area contributed by atoms with Gasteiger partial charge in [0.25, 0.3) is 0 Å². The number of aliphatic carboxylic acids is 1. The van der Waals surface area contributed by atoms with Crippen LogP contribution in [0.1, 0.15) is 19.3 Å². The molecule has 0 atom stereocenters. The van der Waals surface area contributed by atoms with E-state index in [-0.39, 0.29) is 5.41 Å². The van der Waals surface area contributed by atoms with Gasteiger partial charge in [-0.2, -0.15) is 0 Å². The van der Waals surface area contributed by atoms with Crippen molar-refractivity contribution >= 4 is 33.7 Å². The fourth-order valence-electron chi connectivity index (χ4n) is 1.66. The van der Waals surface area contributed by atoms with Gasteiger partial charge in [0.1, 0.15) is 0 Å². The molecule has 2 rings (SSSR count). The highest BCUT2D eigenvalue weighted by atomic mass is 79.9. The summed E-state index contributed by atoms with van der Waals surface area (Å²) in [6.45, 7) is 0. The molecule has 0 radical (unpaired) electrons. The van der Waals surface area contributed by atoms with Gasteiger partial charge in [0.2, 0.25) is 0 Å². The van der Waals surface area contributed by atoms with Crippen molar-refractivity contribution in [1.29, 1.82) is 0 Å². The molecule has 4 heteroatoms. The molecule has 1 aliphatic rings. The van der Waals surface area contributed by atoms with Gasteiger partial charge < -0.3 is 5.11 Å². The summed E-state index contributed by atoms with van der Waals surface area (Å²) in [5, 5.41) is 8.81. The van der Waals surface area contributed by atoms with Crippen molar-refractivity contribution in [1.82, 2.24) is 0 Å². The Kier molecular flexibility index (Phi) is 3.60. The number of benzene rings is 1. The first kappa shape index (κ1) is 12.0.